The van der Waals surface area contributed by atoms with Gasteiger partial charge < -0.3 is 9.67 Å². The van der Waals surface area contributed by atoms with E-state index in [0.717, 1.165) is 42.7 Å². The summed E-state index contributed by atoms with van der Waals surface area (Å²) in [4.78, 5) is 11.8. The van der Waals surface area contributed by atoms with Gasteiger partial charge in [0, 0.05) is 12.2 Å². The van der Waals surface area contributed by atoms with Crippen LogP contribution in [-0.2, 0) is 25.6 Å². The molecule has 136 valence electrons. The molecule has 4 nitrogen and oxygen atoms in total. The van der Waals surface area contributed by atoms with E-state index in [2.05, 4.69) is 0 Å². The van der Waals surface area contributed by atoms with Crippen molar-refractivity contribution in [1.29, 1.82) is 5.26 Å². The van der Waals surface area contributed by atoms with E-state index < -0.39 is 17.7 Å². The van der Waals surface area contributed by atoms with E-state index in [-0.39, 0.29) is 17.8 Å². The molecule has 2 aromatic rings. The number of nitrogens with zero attached hydrogens (tertiary/aromatic N) is 2. The summed E-state index contributed by atoms with van der Waals surface area (Å²) in [6.07, 6.45) is -0.509. The van der Waals surface area contributed by atoms with Gasteiger partial charge in [-0.3, -0.25) is 0 Å². The number of fused-ring (bicyclic) bond motifs is 1. The van der Waals surface area contributed by atoms with E-state index in [1.54, 1.807) is 0 Å². The number of halogens is 3. The van der Waals surface area contributed by atoms with Crippen LogP contribution >= 0.6 is 0 Å². The molecule has 0 radical (unpaired) electrons. The average molecular weight is 362 g/mol. The molecule has 0 unspecified atom stereocenters. The van der Waals surface area contributed by atoms with Crippen LogP contribution in [0.1, 0.15) is 57.7 Å². The standard InChI is InChI=1S/C19H17F3N2O2/c20-19(21,22)13-6-4-5-12(9-13)11-24-16-8-3-1-2-7-14(16)15(10-23)17(24)18(25)26/h4-6,9H,1-3,7-8,11H2,(H,25,26). The van der Waals surface area contributed by atoms with Crippen LogP contribution in [0.15, 0.2) is 24.3 Å². The lowest BCUT2D eigenvalue weighted by molar-refractivity contribution is -0.137. The molecule has 0 saturated heterocycles. The summed E-state index contributed by atoms with van der Waals surface area (Å²) in [5, 5.41) is 19.1. The number of carboxylic acids is 1. The van der Waals surface area contributed by atoms with Crippen molar-refractivity contribution in [1.82, 2.24) is 4.57 Å². The lowest BCUT2D eigenvalue weighted by Crippen LogP contribution is -2.14. The predicted molar refractivity (Wildman–Crippen MR) is 87.9 cm³/mol. The minimum atomic E-state index is -4.46. The van der Waals surface area contributed by atoms with E-state index in [4.69, 9.17) is 0 Å². The Bertz CT molecular complexity index is 891. The minimum absolute atomic E-state index is 0.00440. The second kappa shape index (κ2) is 6.87. The van der Waals surface area contributed by atoms with Crippen molar-refractivity contribution in [3.63, 3.8) is 0 Å². The van der Waals surface area contributed by atoms with Crippen LogP contribution in [0.3, 0.4) is 0 Å². The number of carboxylic acid groups (broad SMARTS) is 1. The third kappa shape index (κ3) is 3.32. The predicted octanol–water partition coefficient (Wildman–Crippen LogP) is 4.39. The highest BCUT2D eigenvalue weighted by molar-refractivity contribution is 5.90. The quantitative estimate of drug-likeness (QED) is 0.824. The summed E-state index contributed by atoms with van der Waals surface area (Å²) in [6, 6.07) is 6.86. The maximum absolute atomic E-state index is 13.0. The fraction of sp³-hybridized carbons (Fsp3) is 0.368. The van der Waals surface area contributed by atoms with Crippen LogP contribution in [0, 0.1) is 11.3 Å². The minimum Gasteiger partial charge on any atom is -0.477 e. The van der Waals surface area contributed by atoms with Gasteiger partial charge in [-0.2, -0.15) is 18.4 Å². The second-order valence-corrected chi connectivity index (χ2v) is 6.41. The number of rotatable bonds is 3. The van der Waals surface area contributed by atoms with Crippen LogP contribution in [0.2, 0.25) is 0 Å². The Balaban J connectivity index is 2.12. The van der Waals surface area contributed by atoms with Gasteiger partial charge in [0.1, 0.15) is 11.8 Å². The summed E-state index contributed by atoms with van der Waals surface area (Å²) >= 11 is 0. The molecular weight excluding hydrogens is 345 g/mol. The second-order valence-electron chi connectivity index (χ2n) is 6.41. The number of nitriles is 1. The highest BCUT2D eigenvalue weighted by Gasteiger charge is 2.31. The van der Waals surface area contributed by atoms with Crippen molar-refractivity contribution in [2.24, 2.45) is 0 Å². The molecule has 7 heteroatoms. The first-order valence-corrected chi connectivity index (χ1v) is 8.36. The van der Waals surface area contributed by atoms with Crippen LogP contribution in [-0.4, -0.2) is 15.6 Å². The molecule has 1 aliphatic carbocycles. The summed E-state index contributed by atoms with van der Waals surface area (Å²) < 4.78 is 40.4. The molecule has 3 rings (SSSR count). The van der Waals surface area contributed by atoms with Gasteiger partial charge in [-0.1, -0.05) is 18.6 Å². The number of aromatic nitrogens is 1. The average Bonchev–Trinajstić information content (AvgIpc) is 2.73. The number of alkyl halides is 3. The van der Waals surface area contributed by atoms with Crippen LogP contribution in [0.25, 0.3) is 0 Å². The highest BCUT2D eigenvalue weighted by atomic mass is 19.4. The zero-order chi connectivity index (χ0) is 18.9. The third-order valence-electron chi connectivity index (χ3n) is 4.73. The van der Waals surface area contributed by atoms with Gasteiger partial charge >= 0.3 is 12.1 Å². The summed E-state index contributed by atoms with van der Waals surface area (Å²) in [7, 11) is 0. The molecule has 0 aliphatic heterocycles. The molecule has 0 spiro atoms. The molecule has 0 fully saturated rings. The fourth-order valence-electron chi connectivity index (χ4n) is 3.59. The number of benzene rings is 1. The number of carbonyl (C=O) groups is 1. The topological polar surface area (TPSA) is 66.0 Å². The van der Waals surface area contributed by atoms with Gasteiger partial charge in [0.05, 0.1) is 11.1 Å². The number of hydrogen-bond acceptors (Lipinski definition) is 2. The van der Waals surface area contributed by atoms with Crippen LogP contribution in [0.4, 0.5) is 13.2 Å². The Morgan fingerprint density at radius 1 is 1.23 bits per heavy atom. The molecule has 1 aromatic carbocycles. The van der Waals surface area contributed by atoms with Gasteiger partial charge in [-0.15, -0.1) is 0 Å². The Morgan fingerprint density at radius 3 is 2.62 bits per heavy atom. The molecule has 1 aromatic heterocycles. The van der Waals surface area contributed by atoms with E-state index in [0.29, 0.717) is 18.4 Å². The largest absolute Gasteiger partial charge is 0.477 e. The maximum Gasteiger partial charge on any atom is 0.416 e. The highest BCUT2D eigenvalue weighted by Crippen LogP contribution is 2.32. The van der Waals surface area contributed by atoms with Crippen molar-refractivity contribution in [3.05, 3.63) is 57.9 Å². The Labute approximate surface area is 148 Å². The normalized spacial score (nSPS) is 14.4. The van der Waals surface area contributed by atoms with Crippen molar-refractivity contribution in [3.8, 4) is 6.07 Å². The van der Waals surface area contributed by atoms with Gasteiger partial charge in [-0.25, -0.2) is 4.79 Å². The Morgan fingerprint density at radius 2 is 1.96 bits per heavy atom. The lowest BCUT2D eigenvalue weighted by atomic mass is 10.1. The summed E-state index contributed by atoms with van der Waals surface area (Å²) in [5.74, 6) is -1.23. The van der Waals surface area contributed by atoms with E-state index >= 15 is 0 Å². The fourth-order valence-corrected chi connectivity index (χ4v) is 3.59. The Kier molecular flexibility index (Phi) is 4.77. The van der Waals surface area contributed by atoms with Gasteiger partial charge in [-0.05, 0) is 48.9 Å². The molecule has 1 N–H and O–H groups in total. The first-order chi connectivity index (χ1) is 12.3. The smallest absolute Gasteiger partial charge is 0.416 e. The first kappa shape index (κ1) is 18.1. The van der Waals surface area contributed by atoms with E-state index in [1.165, 1.54) is 16.7 Å². The zero-order valence-electron chi connectivity index (χ0n) is 13.9. The van der Waals surface area contributed by atoms with E-state index in [1.807, 2.05) is 6.07 Å². The monoisotopic (exact) mass is 362 g/mol. The Hall–Kier alpha value is -2.75. The van der Waals surface area contributed by atoms with Crippen LogP contribution in [0.5, 0.6) is 0 Å². The maximum atomic E-state index is 13.0. The molecular formula is C19H17F3N2O2. The van der Waals surface area contributed by atoms with Crippen molar-refractivity contribution < 1.29 is 23.1 Å². The molecule has 1 aliphatic rings. The van der Waals surface area contributed by atoms with Crippen LogP contribution < -0.4 is 0 Å². The summed E-state index contributed by atoms with van der Waals surface area (Å²) in [6.45, 7) is -0.00440. The number of aromatic carboxylic acids is 1. The molecule has 0 amide bonds. The molecule has 0 saturated carbocycles. The first-order valence-electron chi connectivity index (χ1n) is 8.36. The molecule has 0 atom stereocenters. The number of hydrogen-bond donors (Lipinski definition) is 1. The molecule has 1 heterocycles. The summed E-state index contributed by atoms with van der Waals surface area (Å²) in [5.41, 5.74) is 1.08. The van der Waals surface area contributed by atoms with Crippen molar-refractivity contribution >= 4 is 5.97 Å². The molecule has 26 heavy (non-hydrogen) atoms. The van der Waals surface area contributed by atoms with Crippen molar-refractivity contribution in [2.75, 3.05) is 0 Å². The van der Waals surface area contributed by atoms with Gasteiger partial charge in [0.25, 0.3) is 0 Å². The molecule has 0 bridgehead atoms. The zero-order valence-corrected chi connectivity index (χ0v) is 13.9. The SMILES string of the molecule is N#Cc1c2c(n(Cc3cccc(C(F)(F)F)c3)c1C(=O)O)CCCCC2. The third-order valence-corrected chi connectivity index (χ3v) is 4.73. The van der Waals surface area contributed by atoms with Gasteiger partial charge in [0.2, 0.25) is 0 Å². The van der Waals surface area contributed by atoms with E-state index in [9.17, 15) is 28.3 Å². The van der Waals surface area contributed by atoms with Gasteiger partial charge in [0.15, 0.2) is 0 Å². The lowest BCUT2D eigenvalue weighted by Gasteiger charge is -2.14. The van der Waals surface area contributed by atoms with Crippen molar-refractivity contribution in [2.45, 2.75) is 44.8 Å².